The van der Waals surface area contributed by atoms with E-state index in [-0.39, 0.29) is 12.0 Å². The normalized spacial score (nSPS) is 24.4. The highest BCUT2D eigenvalue weighted by atomic mass is 32.2. The van der Waals surface area contributed by atoms with Crippen molar-refractivity contribution in [1.82, 2.24) is 4.72 Å². The predicted octanol–water partition coefficient (Wildman–Crippen LogP) is 2.82. The topological polar surface area (TPSA) is 46.2 Å². The zero-order valence-electron chi connectivity index (χ0n) is 10.7. The molecule has 1 aromatic rings. The van der Waals surface area contributed by atoms with Crippen molar-refractivity contribution >= 4 is 10.0 Å². The SMILES string of the molecule is C[C@H]1CCCC[C@H]1NS(=O)(=O)c1ccc(F)cc1F. The fourth-order valence-corrected chi connectivity index (χ4v) is 3.89. The van der Waals surface area contributed by atoms with E-state index >= 15 is 0 Å². The van der Waals surface area contributed by atoms with E-state index in [9.17, 15) is 17.2 Å². The smallest absolute Gasteiger partial charge is 0.208 e. The molecule has 0 spiro atoms. The van der Waals surface area contributed by atoms with Gasteiger partial charge in [-0.2, -0.15) is 0 Å². The van der Waals surface area contributed by atoms with Gasteiger partial charge in [0.25, 0.3) is 0 Å². The maximum atomic E-state index is 13.5. The lowest BCUT2D eigenvalue weighted by Crippen LogP contribution is -2.41. The summed E-state index contributed by atoms with van der Waals surface area (Å²) in [6.07, 6.45) is 3.76. The summed E-state index contributed by atoms with van der Waals surface area (Å²) in [6.45, 7) is 1.98. The molecule has 0 radical (unpaired) electrons. The molecule has 2 rings (SSSR count). The van der Waals surface area contributed by atoms with Crippen molar-refractivity contribution in [3.8, 4) is 0 Å². The van der Waals surface area contributed by atoms with Crippen LogP contribution in [0.1, 0.15) is 32.6 Å². The minimum absolute atomic E-state index is 0.178. The van der Waals surface area contributed by atoms with Gasteiger partial charge in [0, 0.05) is 12.1 Å². The Bertz CT molecular complexity index is 560. The number of hydrogen-bond donors (Lipinski definition) is 1. The summed E-state index contributed by atoms with van der Waals surface area (Å²) in [5.41, 5.74) is 0. The molecule has 0 unspecified atom stereocenters. The first-order valence-corrected chi connectivity index (χ1v) is 7.86. The summed E-state index contributed by atoms with van der Waals surface area (Å²) >= 11 is 0. The fraction of sp³-hybridized carbons (Fsp3) is 0.538. The third-order valence-corrected chi connectivity index (χ3v) is 5.12. The van der Waals surface area contributed by atoms with Crippen molar-refractivity contribution in [2.24, 2.45) is 5.92 Å². The van der Waals surface area contributed by atoms with Crippen LogP contribution in [0, 0.1) is 17.6 Å². The second kappa shape index (κ2) is 5.54. The van der Waals surface area contributed by atoms with Gasteiger partial charge in [-0.25, -0.2) is 21.9 Å². The second-order valence-electron chi connectivity index (χ2n) is 5.06. The van der Waals surface area contributed by atoms with Crippen LogP contribution in [0.3, 0.4) is 0 Å². The van der Waals surface area contributed by atoms with Crippen LogP contribution in [0.5, 0.6) is 0 Å². The monoisotopic (exact) mass is 289 g/mol. The van der Waals surface area contributed by atoms with Crippen LogP contribution in [0.15, 0.2) is 23.1 Å². The molecule has 19 heavy (non-hydrogen) atoms. The quantitative estimate of drug-likeness (QED) is 0.930. The molecule has 1 fully saturated rings. The second-order valence-corrected chi connectivity index (χ2v) is 6.75. The molecule has 3 nitrogen and oxygen atoms in total. The van der Waals surface area contributed by atoms with E-state index in [0.29, 0.717) is 6.07 Å². The minimum Gasteiger partial charge on any atom is -0.208 e. The summed E-state index contributed by atoms with van der Waals surface area (Å²) in [4.78, 5) is -0.494. The van der Waals surface area contributed by atoms with E-state index in [2.05, 4.69) is 4.72 Å². The lowest BCUT2D eigenvalue weighted by atomic mass is 9.87. The van der Waals surface area contributed by atoms with Gasteiger partial charge in [0.05, 0.1) is 0 Å². The maximum absolute atomic E-state index is 13.5. The molecule has 106 valence electrons. The van der Waals surface area contributed by atoms with Crippen molar-refractivity contribution < 1.29 is 17.2 Å². The van der Waals surface area contributed by atoms with E-state index in [1.54, 1.807) is 0 Å². The Morgan fingerprint density at radius 3 is 2.53 bits per heavy atom. The molecule has 0 saturated heterocycles. The number of nitrogens with one attached hydrogen (secondary N) is 1. The highest BCUT2D eigenvalue weighted by molar-refractivity contribution is 7.89. The molecule has 0 aliphatic heterocycles. The molecule has 1 saturated carbocycles. The Labute approximate surface area is 112 Å². The zero-order valence-corrected chi connectivity index (χ0v) is 11.5. The highest BCUT2D eigenvalue weighted by Crippen LogP contribution is 2.26. The van der Waals surface area contributed by atoms with Crippen LogP contribution in [-0.4, -0.2) is 14.5 Å². The van der Waals surface area contributed by atoms with Gasteiger partial charge < -0.3 is 0 Å². The van der Waals surface area contributed by atoms with Crippen LogP contribution in [0.25, 0.3) is 0 Å². The first-order chi connectivity index (χ1) is 8.90. The molecule has 0 amide bonds. The van der Waals surface area contributed by atoms with Gasteiger partial charge in [-0.15, -0.1) is 0 Å². The Kier molecular flexibility index (Phi) is 4.20. The molecule has 6 heteroatoms. The lowest BCUT2D eigenvalue weighted by Gasteiger charge is -2.29. The first kappa shape index (κ1) is 14.4. The van der Waals surface area contributed by atoms with E-state index in [0.717, 1.165) is 37.8 Å². The van der Waals surface area contributed by atoms with E-state index < -0.39 is 26.6 Å². The third kappa shape index (κ3) is 3.30. The van der Waals surface area contributed by atoms with Gasteiger partial charge in [0.2, 0.25) is 10.0 Å². The van der Waals surface area contributed by atoms with Crippen LogP contribution in [-0.2, 0) is 10.0 Å². The standard InChI is InChI=1S/C13H17F2NO2S/c1-9-4-2-3-5-12(9)16-19(17,18)13-7-6-10(14)8-11(13)15/h6-9,12,16H,2-5H2,1H3/t9-,12+/m0/s1. The summed E-state index contributed by atoms with van der Waals surface area (Å²) in [5.74, 6) is -1.62. The first-order valence-electron chi connectivity index (χ1n) is 6.37. The zero-order chi connectivity index (χ0) is 14.0. The Morgan fingerprint density at radius 1 is 1.21 bits per heavy atom. The van der Waals surface area contributed by atoms with Gasteiger partial charge >= 0.3 is 0 Å². The molecule has 1 N–H and O–H groups in total. The average Bonchev–Trinajstić information content (AvgIpc) is 2.31. The van der Waals surface area contributed by atoms with Crippen molar-refractivity contribution in [2.45, 2.75) is 43.5 Å². The number of sulfonamides is 1. The van der Waals surface area contributed by atoms with Gasteiger partial charge in [-0.3, -0.25) is 0 Å². The van der Waals surface area contributed by atoms with Crippen molar-refractivity contribution in [1.29, 1.82) is 0 Å². The molecule has 0 bridgehead atoms. The fourth-order valence-electron chi connectivity index (χ4n) is 2.45. The molecule has 0 aromatic heterocycles. The van der Waals surface area contributed by atoms with Crippen LogP contribution in [0.4, 0.5) is 8.78 Å². The molecule has 2 atom stereocenters. The third-order valence-electron chi connectivity index (χ3n) is 3.60. The molecule has 1 aliphatic carbocycles. The van der Waals surface area contributed by atoms with E-state index in [1.807, 2.05) is 6.92 Å². The van der Waals surface area contributed by atoms with Crippen molar-refractivity contribution in [3.63, 3.8) is 0 Å². The maximum Gasteiger partial charge on any atom is 0.243 e. The lowest BCUT2D eigenvalue weighted by molar-refractivity contribution is 0.310. The number of halogens is 2. The van der Waals surface area contributed by atoms with Crippen LogP contribution < -0.4 is 4.72 Å². The average molecular weight is 289 g/mol. The van der Waals surface area contributed by atoms with Crippen LogP contribution >= 0.6 is 0 Å². The Morgan fingerprint density at radius 2 is 1.89 bits per heavy atom. The Hall–Kier alpha value is -1.01. The number of rotatable bonds is 3. The van der Waals surface area contributed by atoms with Crippen LogP contribution in [0.2, 0.25) is 0 Å². The largest absolute Gasteiger partial charge is 0.243 e. The molecular weight excluding hydrogens is 272 g/mol. The summed E-state index contributed by atoms with van der Waals surface area (Å²) < 4.78 is 53.1. The molecular formula is C13H17F2NO2S. The predicted molar refractivity (Wildman–Crippen MR) is 68.1 cm³/mol. The highest BCUT2D eigenvalue weighted by Gasteiger charge is 2.28. The molecule has 1 aliphatic rings. The molecule has 1 aromatic carbocycles. The van der Waals surface area contributed by atoms with Gasteiger partial charge in [0.15, 0.2) is 0 Å². The minimum atomic E-state index is -3.93. The van der Waals surface area contributed by atoms with Gasteiger partial charge in [0.1, 0.15) is 16.5 Å². The van der Waals surface area contributed by atoms with Gasteiger partial charge in [-0.05, 0) is 30.9 Å². The Balaban J connectivity index is 2.22. The summed E-state index contributed by atoms with van der Waals surface area (Å²) in [7, 11) is -3.93. The summed E-state index contributed by atoms with van der Waals surface area (Å²) in [5, 5.41) is 0. The van der Waals surface area contributed by atoms with E-state index in [1.165, 1.54) is 0 Å². The number of hydrogen-bond acceptors (Lipinski definition) is 2. The van der Waals surface area contributed by atoms with Gasteiger partial charge in [-0.1, -0.05) is 19.8 Å². The van der Waals surface area contributed by atoms with E-state index in [4.69, 9.17) is 0 Å². The van der Waals surface area contributed by atoms with Crippen molar-refractivity contribution in [2.75, 3.05) is 0 Å². The molecule has 0 heterocycles. The number of benzene rings is 1. The summed E-state index contributed by atoms with van der Waals surface area (Å²) in [6, 6.07) is 2.31. The van der Waals surface area contributed by atoms with Crippen molar-refractivity contribution in [3.05, 3.63) is 29.8 Å².